The number of hydrogen-bond acceptors (Lipinski definition) is 4. The summed E-state index contributed by atoms with van der Waals surface area (Å²) in [6.45, 7) is 21.4. The molecule has 0 radical (unpaired) electrons. The van der Waals surface area contributed by atoms with Crippen LogP contribution in [-0.4, -0.2) is 52.4 Å². The van der Waals surface area contributed by atoms with Crippen molar-refractivity contribution in [3.63, 3.8) is 0 Å². The van der Waals surface area contributed by atoms with Crippen LogP contribution < -0.4 is 0 Å². The lowest BCUT2D eigenvalue weighted by molar-refractivity contribution is -0.135. The molecule has 0 bridgehead atoms. The maximum Gasteiger partial charge on any atom is 0.222 e. The molecule has 5 nitrogen and oxygen atoms in total. The molecule has 2 rings (SSSR count). The van der Waals surface area contributed by atoms with E-state index < -0.39 is 5.60 Å². The van der Waals surface area contributed by atoms with Gasteiger partial charge in [0.25, 0.3) is 0 Å². The maximum atomic E-state index is 12.6. The van der Waals surface area contributed by atoms with Gasteiger partial charge in [-0.3, -0.25) is 4.79 Å². The van der Waals surface area contributed by atoms with Gasteiger partial charge in [-0.2, -0.15) is 0 Å². The molecule has 0 aliphatic carbocycles. The Kier molecular flexibility index (Phi) is 10.5. The normalized spacial score (nSPS) is 19.2. The zero-order valence-electron chi connectivity index (χ0n) is 19.3. The number of hydrogen-bond donors (Lipinski definition) is 1. The number of aliphatic hydroxyl groups is 1. The third-order valence-electron chi connectivity index (χ3n) is 5.38. The van der Waals surface area contributed by atoms with E-state index in [4.69, 9.17) is 0 Å². The van der Waals surface area contributed by atoms with Crippen molar-refractivity contribution in [3.05, 3.63) is 60.5 Å². The standard InChI is InChI=1S/C23H33N3O2.C2H6/c1-6-8-21(9-7-2)10-11-22(27)25-14-12-23(28,13-15-25)16-26-17-24-19(4)18(3)20(26)5;1-2/h6,8-9,17,28H,3-5,7,10-16H2,1-2H3;1-2H3/b8-6-,21-9+;. The van der Waals surface area contributed by atoms with Crippen LogP contribution in [0.2, 0.25) is 0 Å². The van der Waals surface area contributed by atoms with Crippen molar-refractivity contribution in [2.45, 2.75) is 65.4 Å². The first-order valence-corrected chi connectivity index (χ1v) is 11.0. The van der Waals surface area contributed by atoms with E-state index in [1.165, 1.54) is 5.57 Å². The number of nitrogens with zero attached hydrogens (tertiary/aromatic N) is 3. The molecule has 0 aromatic carbocycles. The third-order valence-corrected chi connectivity index (χ3v) is 5.38. The summed E-state index contributed by atoms with van der Waals surface area (Å²) >= 11 is 0. The number of aliphatic imine (C=N–C) groups is 1. The van der Waals surface area contributed by atoms with Gasteiger partial charge in [-0.1, -0.05) is 64.3 Å². The smallest absolute Gasteiger partial charge is 0.222 e. The second kappa shape index (κ2) is 12.3. The van der Waals surface area contributed by atoms with E-state index in [-0.39, 0.29) is 5.91 Å². The first-order chi connectivity index (χ1) is 14.3. The van der Waals surface area contributed by atoms with Gasteiger partial charge in [0, 0.05) is 30.8 Å². The molecule has 0 atom stereocenters. The van der Waals surface area contributed by atoms with Gasteiger partial charge in [0.2, 0.25) is 5.91 Å². The average molecular weight is 414 g/mol. The van der Waals surface area contributed by atoms with Crippen molar-refractivity contribution >= 4 is 12.2 Å². The van der Waals surface area contributed by atoms with Crippen LogP contribution in [-0.2, 0) is 4.79 Å². The molecule has 0 saturated carbocycles. The number of allylic oxidation sites excluding steroid dienone is 4. The Labute approximate surface area is 182 Å². The Bertz CT molecular complexity index is 723. The first-order valence-electron chi connectivity index (χ1n) is 11.0. The van der Waals surface area contributed by atoms with Crippen molar-refractivity contribution in [3.8, 4) is 0 Å². The quantitative estimate of drug-likeness (QED) is 0.599. The Morgan fingerprint density at radius 3 is 2.43 bits per heavy atom. The molecule has 1 fully saturated rings. The van der Waals surface area contributed by atoms with Crippen molar-refractivity contribution in [2.75, 3.05) is 19.6 Å². The highest BCUT2D eigenvalue weighted by atomic mass is 16.3. The van der Waals surface area contributed by atoms with Crippen molar-refractivity contribution in [1.82, 2.24) is 9.80 Å². The van der Waals surface area contributed by atoms with Crippen LogP contribution in [0.5, 0.6) is 0 Å². The van der Waals surface area contributed by atoms with Gasteiger partial charge in [0.15, 0.2) is 0 Å². The van der Waals surface area contributed by atoms with Gasteiger partial charge in [-0.25, -0.2) is 4.99 Å². The van der Waals surface area contributed by atoms with Crippen molar-refractivity contribution in [2.24, 2.45) is 4.99 Å². The van der Waals surface area contributed by atoms with Crippen LogP contribution >= 0.6 is 0 Å². The molecular weight excluding hydrogens is 374 g/mol. The zero-order chi connectivity index (χ0) is 22.7. The van der Waals surface area contributed by atoms with Crippen LogP contribution in [0.1, 0.15) is 59.8 Å². The van der Waals surface area contributed by atoms with Crippen LogP contribution in [0.15, 0.2) is 65.5 Å². The Morgan fingerprint density at radius 2 is 1.87 bits per heavy atom. The van der Waals surface area contributed by atoms with Gasteiger partial charge in [-0.05, 0) is 32.6 Å². The molecule has 2 heterocycles. The van der Waals surface area contributed by atoms with Crippen LogP contribution in [0.25, 0.3) is 0 Å². The van der Waals surface area contributed by atoms with E-state index in [9.17, 15) is 9.90 Å². The van der Waals surface area contributed by atoms with Gasteiger partial charge >= 0.3 is 0 Å². The van der Waals surface area contributed by atoms with E-state index in [0.717, 1.165) is 12.8 Å². The second-order valence-corrected chi connectivity index (χ2v) is 7.54. The topological polar surface area (TPSA) is 56.1 Å². The van der Waals surface area contributed by atoms with E-state index in [1.54, 1.807) is 6.34 Å². The fourth-order valence-electron chi connectivity index (χ4n) is 3.55. The minimum atomic E-state index is -0.872. The molecule has 5 heteroatoms. The van der Waals surface area contributed by atoms with Gasteiger partial charge in [-0.15, -0.1) is 0 Å². The molecular formula is C25H39N3O2. The highest BCUT2D eigenvalue weighted by Crippen LogP contribution is 2.29. The molecule has 2 aliphatic rings. The molecule has 0 aromatic rings. The van der Waals surface area contributed by atoms with Gasteiger partial charge < -0.3 is 14.9 Å². The van der Waals surface area contributed by atoms with Crippen molar-refractivity contribution in [1.29, 1.82) is 0 Å². The highest BCUT2D eigenvalue weighted by molar-refractivity contribution is 5.76. The number of amides is 1. The van der Waals surface area contributed by atoms with E-state index >= 15 is 0 Å². The molecule has 1 N–H and O–H groups in total. The fraction of sp³-hybridized carbons (Fsp3) is 0.520. The van der Waals surface area contributed by atoms with Crippen LogP contribution in [0, 0.1) is 0 Å². The first kappa shape index (κ1) is 25.6. The molecule has 1 amide bonds. The summed E-state index contributed by atoms with van der Waals surface area (Å²) in [7, 11) is 0. The summed E-state index contributed by atoms with van der Waals surface area (Å²) < 4.78 is 0. The van der Waals surface area contributed by atoms with E-state index in [1.807, 2.05) is 36.6 Å². The molecule has 1 saturated heterocycles. The SMILES string of the molecule is C=C1N=CN(CC2(O)CCN(C(=O)CCC(/C=C\C)=C/CC)CC2)C(=C)C1=C.CC. The Morgan fingerprint density at radius 1 is 1.23 bits per heavy atom. The lowest BCUT2D eigenvalue weighted by atomic mass is 9.90. The maximum absolute atomic E-state index is 12.6. The largest absolute Gasteiger partial charge is 0.388 e. The number of piperidine rings is 1. The minimum absolute atomic E-state index is 0.155. The molecule has 166 valence electrons. The number of likely N-dealkylation sites (tertiary alicyclic amines) is 1. The Hall–Kier alpha value is -2.40. The average Bonchev–Trinajstić information content (AvgIpc) is 2.74. The van der Waals surface area contributed by atoms with E-state index in [0.29, 0.717) is 55.9 Å². The monoisotopic (exact) mass is 413 g/mol. The summed E-state index contributed by atoms with van der Waals surface area (Å²) in [6.07, 6.45) is 11.2. The predicted octanol–water partition coefficient (Wildman–Crippen LogP) is 4.99. The minimum Gasteiger partial charge on any atom is -0.388 e. The summed E-state index contributed by atoms with van der Waals surface area (Å²) in [4.78, 5) is 20.5. The molecule has 0 aromatic heterocycles. The molecule has 0 unspecified atom stereocenters. The summed E-state index contributed by atoms with van der Waals surface area (Å²) in [5, 5.41) is 11.0. The summed E-state index contributed by atoms with van der Waals surface area (Å²) in [5.41, 5.74) is 2.34. The summed E-state index contributed by atoms with van der Waals surface area (Å²) in [6, 6.07) is 0. The zero-order valence-corrected chi connectivity index (χ0v) is 19.3. The lowest BCUT2D eigenvalue weighted by Gasteiger charge is -2.41. The third kappa shape index (κ3) is 7.13. The predicted molar refractivity (Wildman–Crippen MR) is 127 cm³/mol. The Balaban J connectivity index is 0.00000218. The van der Waals surface area contributed by atoms with Gasteiger partial charge in [0.1, 0.15) is 0 Å². The van der Waals surface area contributed by atoms with Crippen LogP contribution in [0.3, 0.4) is 0 Å². The fourth-order valence-corrected chi connectivity index (χ4v) is 3.55. The highest BCUT2D eigenvalue weighted by Gasteiger charge is 2.36. The molecule has 0 spiro atoms. The van der Waals surface area contributed by atoms with Crippen molar-refractivity contribution < 1.29 is 9.90 Å². The van der Waals surface area contributed by atoms with E-state index in [2.05, 4.69) is 43.8 Å². The second-order valence-electron chi connectivity index (χ2n) is 7.54. The van der Waals surface area contributed by atoms with Crippen LogP contribution in [0.4, 0.5) is 0 Å². The summed E-state index contributed by atoms with van der Waals surface area (Å²) in [5.74, 6) is 0.155. The van der Waals surface area contributed by atoms with Gasteiger partial charge in [0.05, 0.1) is 24.2 Å². The number of rotatable bonds is 7. The number of carbonyl (C=O) groups excluding carboxylic acids is 1. The molecule has 30 heavy (non-hydrogen) atoms. The molecule has 2 aliphatic heterocycles. The number of β-amino-alcohol motifs (C(OH)–C–C–N with tert-alkyl or cyclic N) is 1. The lowest BCUT2D eigenvalue weighted by Crippen LogP contribution is -2.52. The number of carbonyl (C=O) groups is 1.